The van der Waals surface area contributed by atoms with Crippen LogP contribution in [-0.4, -0.2) is 10.3 Å². The predicted octanol–water partition coefficient (Wildman–Crippen LogP) is 1.18. The Balaban J connectivity index is 2.86. The number of phenolic OH excluding ortho intramolecular Hbond substituents is 1. The molecule has 1 aromatic carbocycles. The van der Waals surface area contributed by atoms with Gasteiger partial charge in [0.1, 0.15) is 5.75 Å². The SMILES string of the molecule is Cc1cc(CNO)ccc1O. The molecule has 0 unspecified atom stereocenters. The zero-order valence-electron chi connectivity index (χ0n) is 6.33. The molecule has 0 saturated heterocycles. The van der Waals surface area contributed by atoms with Gasteiger partial charge in [-0.05, 0) is 24.1 Å². The third-order valence-corrected chi connectivity index (χ3v) is 1.54. The first-order valence-electron chi connectivity index (χ1n) is 3.39. The van der Waals surface area contributed by atoms with Crippen LogP contribution in [0.3, 0.4) is 0 Å². The molecule has 0 heterocycles. The van der Waals surface area contributed by atoms with Gasteiger partial charge in [0, 0.05) is 6.54 Å². The van der Waals surface area contributed by atoms with E-state index in [1.54, 1.807) is 12.1 Å². The van der Waals surface area contributed by atoms with Gasteiger partial charge >= 0.3 is 0 Å². The lowest BCUT2D eigenvalue weighted by atomic mass is 10.1. The largest absolute Gasteiger partial charge is 0.508 e. The van der Waals surface area contributed by atoms with Gasteiger partial charge in [-0.3, -0.25) is 0 Å². The van der Waals surface area contributed by atoms with E-state index in [-0.39, 0.29) is 5.75 Å². The van der Waals surface area contributed by atoms with Crippen molar-refractivity contribution in [2.24, 2.45) is 0 Å². The van der Waals surface area contributed by atoms with E-state index in [0.717, 1.165) is 11.1 Å². The van der Waals surface area contributed by atoms with Gasteiger partial charge in [-0.1, -0.05) is 12.1 Å². The minimum Gasteiger partial charge on any atom is -0.508 e. The maximum absolute atomic E-state index is 9.13. The summed E-state index contributed by atoms with van der Waals surface area (Å²) in [5, 5.41) is 17.5. The third-order valence-electron chi connectivity index (χ3n) is 1.54. The molecule has 0 saturated carbocycles. The van der Waals surface area contributed by atoms with Gasteiger partial charge in [-0.15, -0.1) is 0 Å². The maximum Gasteiger partial charge on any atom is 0.118 e. The zero-order valence-corrected chi connectivity index (χ0v) is 6.33. The molecule has 0 aromatic heterocycles. The van der Waals surface area contributed by atoms with Crippen molar-refractivity contribution in [1.82, 2.24) is 5.48 Å². The fraction of sp³-hybridized carbons (Fsp3) is 0.250. The van der Waals surface area contributed by atoms with Crippen LogP contribution < -0.4 is 5.48 Å². The van der Waals surface area contributed by atoms with E-state index < -0.39 is 0 Å². The van der Waals surface area contributed by atoms with Crippen LogP contribution in [0.25, 0.3) is 0 Å². The molecule has 0 aliphatic rings. The third kappa shape index (κ3) is 1.93. The Morgan fingerprint density at radius 3 is 2.73 bits per heavy atom. The Morgan fingerprint density at radius 2 is 2.18 bits per heavy atom. The Bertz CT molecular complexity index is 248. The number of aryl methyl sites for hydroxylation is 1. The molecule has 3 N–H and O–H groups in total. The molecule has 0 radical (unpaired) electrons. The van der Waals surface area contributed by atoms with Crippen molar-refractivity contribution in [3.05, 3.63) is 29.3 Å². The second-order valence-electron chi connectivity index (χ2n) is 2.46. The van der Waals surface area contributed by atoms with Crippen molar-refractivity contribution >= 4 is 0 Å². The number of nitrogens with one attached hydrogen (secondary N) is 1. The monoisotopic (exact) mass is 153 g/mol. The Morgan fingerprint density at radius 1 is 1.45 bits per heavy atom. The van der Waals surface area contributed by atoms with Crippen LogP contribution in [-0.2, 0) is 6.54 Å². The number of benzene rings is 1. The Kier molecular flexibility index (Phi) is 2.46. The van der Waals surface area contributed by atoms with E-state index in [1.165, 1.54) is 0 Å². The van der Waals surface area contributed by atoms with Crippen molar-refractivity contribution in [3.63, 3.8) is 0 Å². The van der Waals surface area contributed by atoms with Gasteiger partial charge in [-0.2, -0.15) is 0 Å². The minimum absolute atomic E-state index is 0.284. The van der Waals surface area contributed by atoms with Crippen molar-refractivity contribution in [2.75, 3.05) is 0 Å². The highest BCUT2D eigenvalue weighted by atomic mass is 16.5. The van der Waals surface area contributed by atoms with Crippen LogP contribution in [0.4, 0.5) is 0 Å². The summed E-state index contributed by atoms with van der Waals surface area (Å²) >= 11 is 0. The van der Waals surface area contributed by atoms with E-state index in [1.807, 2.05) is 18.5 Å². The zero-order chi connectivity index (χ0) is 8.27. The van der Waals surface area contributed by atoms with Gasteiger partial charge in [0.15, 0.2) is 0 Å². The highest BCUT2D eigenvalue weighted by molar-refractivity contribution is 5.34. The lowest BCUT2D eigenvalue weighted by molar-refractivity contribution is 0.161. The molecule has 1 rings (SSSR count). The summed E-state index contributed by atoms with van der Waals surface area (Å²) in [6, 6.07) is 5.19. The summed E-state index contributed by atoms with van der Waals surface area (Å²) in [5.74, 6) is 0.284. The summed E-state index contributed by atoms with van der Waals surface area (Å²) in [6.45, 7) is 2.22. The van der Waals surface area contributed by atoms with Crippen molar-refractivity contribution in [2.45, 2.75) is 13.5 Å². The molecule has 0 fully saturated rings. The van der Waals surface area contributed by atoms with Crippen LogP contribution >= 0.6 is 0 Å². The van der Waals surface area contributed by atoms with Gasteiger partial charge < -0.3 is 10.3 Å². The molecule has 1 aromatic rings. The number of hydroxylamine groups is 1. The molecule has 60 valence electrons. The van der Waals surface area contributed by atoms with E-state index in [9.17, 15) is 0 Å². The number of rotatable bonds is 2. The smallest absolute Gasteiger partial charge is 0.118 e. The van der Waals surface area contributed by atoms with Crippen LogP contribution in [0.2, 0.25) is 0 Å². The molecule has 0 spiro atoms. The predicted molar refractivity (Wildman–Crippen MR) is 41.5 cm³/mol. The van der Waals surface area contributed by atoms with Crippen molar-refractivity contribution in [1.29, 1.82) is 0 Å². The fourth-order valence-electron chi connectivity index (χ4n) is 0.919. The average molecular weight is 153 g/mol. The summed E-state index contributed by atoms with van der Waals surface area (Å²) in [7, 11) is 0. The first kappa shape index (κ1) is 8.04. The lowest BCUT2D eigenvalue weighted by Gasteiger charge is -2.01. The molecule has 0 atom stereocenters. The van der Waals surface area contributed by atoms with E-state index in [2.05, 4.69) is 0 Å². The van der Waals surface area contributed by atoms with Gasteiger partial charge in [0.25, 0.3) is 0 Å². The summed E-state index contributed by atoms with van der Waals surface area (Å²) < 4.78 is 0. The Hall–Kier alpha value is -1.06. The van der Waals surface area contributed by atoms with Crippen molar-refractivity contribution in [3.8, 4) is 5.75 Å². The molecular formula is C8H11NO2. The van der Waals surface area contributed by atoms with Crippen LogP contribution in [0, 0.1) is 6.92 Å². The minimum atomic E-state index is 0.284. The first-order chi connectivity index (χ1) is 5.24. The van der Waals surface area contributed by atoms with Gasteiger partial charge in [0.05, 0.1) is 0 Å². The van der Waals surface area contributed by atoms with Gasteiger partial charge in [0.2, 0.25) is 0 Å². The molecule has 0 bridgehead atoms. The topological polar surface area (TPSA) is 52.5 Å². The molecule has 0 amide bonds. The second-order valence-corrected chi connectivity index (χ2v) is 2.46. The van der Waals surface area contributed by atoms with Gasteiger partial charge in [-0.25, -0.2) is 5.48 Å². The average Bonchev–Trinajstić information content (AvgIpc) is 1.98. The quantitative estimate of drug-likeness (QED) is 0.559. The van der Waals surface area contributed by atoms with Crippen LogP contribution in [0.15, 0.2) is 18.2 Å². The molecule has 3 nitrogen and oxygen atoms in total. The first-order valence-corrected chi connectivity index (χ1v) is 3.39. The summed E-state index contributed by atoms with van der Waals surface area (Å²) in [6.07, 6.45) is 0. The maximum atomic E-state index is 9.13. The number of phenols is 1. The highest BCUT2D eigenvalue weighted by Crippen LogP contribution is 2.16. The number of aromatic hydroxyl groups is 1. The van der Waals surface area contributed by atoms with Crippen molar-refractivity contribution < 1.29 is 10.3 Å². The fourth-order valence-corrected chi connectivity index (χ4v) is 0.919. The number of hydrogen-bond acceptors (Lipinski definition) is 3. The standard InChI is InChI=1S/C8H11NO2/c1-6-4-7(5-9-11)2-3-8(6)10/h2-4,9-11H,5H2,1H3. The second kappa shape index (κ2) is 3.37. The molecule has 11 heavy (non-hydrogen) atoms. The van der Waals surface area contributed by atoms with E-state index in [4.69, 9.17) is 10.3 Å². The molecule has 3 heteroatoms. The normalized spacial score (nSPS) is 10.0. The van der Waals surface area contributed by atoms with E-state index in [0.29, 0.717) is 6.54 Å². The molecule has 0 aliphatic heterocycles. The van der Waals surface area contributed by atoms with Crippen LogP contribution in [0.1, 0.15) is 11.1 Å². The summed E-state index contributed by atoms with van der Waals surface area (Å²) in [5.41, 5.74) is 3.81. The number of hydrogen-bond donors (Lipinski definition) is 3. The van der Waals surface area contributed by atoms with E-state index >= 15 is 0 Å². The van der Waals surface area contributed by atoms with Crippen LogP contribution in [0.5, 0.6) is 5.75 Å². The Labute approximate surface area is 65.3 Å². The molecule has 0 aliphatic carbocycles. The lowest BCUT2D eigenvalue weighted by Crippen LogP contribution is -2.05. The molecular weight excluding hydrogens is 142 g/mol. The highest BCUT2D eigenvalue weighted by Gasteiger charge is 1.96. The summed E-state index contributed by atoms with van der Waals surface area (Å²) in [4.78, 5) is 0.